The summed E-state index contributed by atoms with van der Waals surface area (Å²) in [4.78, 5) is 14.9. The van der Waals surface area contributed by atoms with Crippen LogP contribution in [-0.2, 0) is 25.3 Å². The SMILES string of the molecule is CC(C)(c1ccc(Oc2ccc(C(=O)N=C(N)N)cc2S(C)(=O)=O)c(S(N)(=O)=O)c1)C1CCCN1. The molecule has 0 saturated carbocycles. The second-order valence-corrected chi connectivity index (χ2v) is 12.5. The first-order chi connectivity index (χ1) is 16.1. The van der Waals surface area contributed by atoms with Crippen molar-refractivity contribution < 1.29 is 26.4 Å². The first kappa shape index (κ1) is 26.6. The quantitative estimate of drug-likeness (QED) is 0.302. The van der Waals surface area contributed by atoms with E-state index in [9.17, 15) is 21.6 Å². The van der Waals surface area contributed by atoms with Crippen LogP contribution in [0.2, 0.25) is 0 Å². The largest absolute Gasteiger partial charge is 0.455 e. The molecule has 0 aliphatic carbocycles. The van der Waals surface area contributed by atoms with E-state index in [0.717, 1.165) is 37.3 Å². The molecule has 13 heteroatoms. The molecule has 2 aromatic rings. The molecule has 1 unspecified atom stereocenters. The molecule has 0 spiro atoms. The Hall–Kier alpha value is -3.00. The van der Waals surface area contributed by atoms with Gasteiger partial charge < -0.3 is 21.5 Å². The lowest BCUT2D eigenvalue weighted by atomic mass is 9.77. The molecule has 1 saturated heterocycles. The summed E-state index contributed by atoms with van der Waals surface area (Å²) < 4.78 is 55.5. The smallest absolute Gasteiger partial charge is 0.280 e. The van der Waals surface area contributed by atoms with Gasteiger partial charge in [0.05, 0.1) is 0 Å². The molecule has 0 aromatic heterocycles. The Kier molecular flexibility index (Phi) is 7.27. The van der Waals surface area contributed by atoms with Crippen LogP contribution < -0.4 is 26.7 Å². The molecule has 1 amide bonds. The molecule has 0 radical (unpaired) electrons. The van der Waals surface area contributed by atoms with Gasteiger partial charge in [0.15, 0.2) is 15.8 Å². The molecule has 190 valence electrons. The van der Waals surface area contributed by atoms with E-state index in [-0.39, 0.29) is 32.9 Å². The number of guanidine groups is 1. The highest BCUT2D eigenvalue weighted by atomic mass is 32.2. The molecule has 1 fully saturated rings. The molecule has 11 nitrogen and oxygen atoms in total. The lowest BCUT2D eigenvalue weighted by molar-refractivity contribution is 0.100. The predicted octanol–water partition coefficient (Wildman–Crippen LogP) is 0.973. The van der Waals surface area contributed by atoms with Crippen LogP contribution in [-0.4, -0.2) is 47.5 Å². The van der Waals surface area contributed by atoms with E-state index in [1.165, 1.54) is 24.3 Å². The average Bonchev–Trinajstić information content (AvgIpc) is 3.28. The van der Waals surface area contributed by atoms with Crippen molar-refractivity contribution in [2.24, 2.45) is 21.6 Å². The van der Waals surface area contributed by atoms with Crippen LogP contribution in [0.4, 0.5) is 0 Å². The highest BCUT2D eigenvalue weighted by Gasteiger charge is 2.34. The Labute approximate surface area is 204 Å². The fraction of sp³-hybridized carbons (Fsp3) is 0.364. The first-order valence-corrected chi connectivity index (χ1v) is 14.1. The van der Waals surface area contributed by atoms with Gasteiger partial charge in [0, 0.05) is 23.3 Å². The molecule has 2 aromatic carbocycles. The Morgan fingerprint density at radius 3 is 2.23 bits per heavy atom. The standard InChI is InChI=1S/C22H29N5O6S2/c1-22(2,19-5-4-10-26-19)14-7-9-16(18(12-14)35(25,31)32)33-15-8-6-13(20(28)27-21(23)24)11-17(15)34(3,29)30/h6-9,11-12,19,26H,4-5,10H2,1-3H3,(H2,25,31,32)(H4,23,24,27,28). The average molecular weight is 524 g/mol. The van der Waals surface area contributed by atoms with Gasteiger partial charge in [-0.2, -0.15) is 4.99 Å². The second kappa shape index (κ2) is 9.57. The third-order valence-electron chi connectivity index (χ3n) is 5.97. The summed E-state index contributed by atoms with van der Waals surface area (Å²) in [6, 6.07) is 8.30. The number of aliphatic imine (C=N–C) groups is 1. The summed E-state index contributed by atoms with van der Waals surface area (Å²) in [5.74, 6) is -1.67. The zero-order valence-corrected chi connectivity index (χ0v) is 21.2. The van der Waals surface area contributed by atoms with Gasteiger partial charge in [0.2, 0.25) is 10.0 Å². The Morgan fingerprint density at radius 1 is 1.06 bits per heavy atom. The minimum absolute atomic E-state index is 0.0981. The number of ether oxygens (including phenoxy) is 1. The third-order valence-corrected chi connectivity index (χ3v) is 8.02. The number of hydrogen-bond donors (Lipinski definition) is 4. The normalized spacial score (nSPS) is 16.6. The maximum Gasteiger partial charge on any atom is 0.280 e. The number of benzene rings is 2. The van der Waals surface area contributed by atoms with Crippen molar-refractivity contribution in [2.75, 3.05) is 12.8 Å². The number of carbonyl (C=O) groups is 1. The third kappa shape index (κ3) is 5.99. The molecule has 1 aliphatic heterocycles. The van der Waals surface area contributed by atoms with Crippen LogP contribution in [0.5, 0.6) is 11.5 Å². The van der Waals surface area contributed by atoms with Gasteiger partial charge in [-0.3, -0.25) is 4.79 Å². The summed E-state index contributed by atoms with van der Waals surface area (Å²) in [7, 11) is -8.14. The van der Waals surface area contributed by atoms with E-state index < -0.39 is 37.1 Å². The fourth-order valence-corrected chi connectivity index (χ4v) is 5.53. The van der Waals surface area contributed by atoms with Crippen LogP contribution in [0.1, 0.15) is 42.6 Å². The predicted molar refractivity (Wildman–Crippen MR) is 132 cm³/mol. The minimum atomic E-state index is -4.24. The lowest BCUT2D eigenvalue weighted by Gasteiger charge is -2.33. The summed E-state index contributed by atoms with van der Waals surface area (Å²) in [5, 5.41) is 8.91. The van der Waals surface area contributed by atoms with Crippen molar-refractivity contribution >= 4 is 31.7 Å². The number of sulfone groups is 1. The number of primary sulfonamides is 1. The first-order valence-electron chi connectivity index (χ1n) is 10.7. The number of rotatable bonds is 7. The molecule has 35 heavy (non-hydrogen) atoms. The number of nitrogens with two attached hydrogens (primary N) is 3. The van der Waals surface area contributed by atoms with E-state index in [0.29, 0.717) is 0 Å². The fourth-order valence-electron chi connectivity index (χ4n) is 4.03. The zero-order valence-electron chi connectivity index (χ0n) is 19.6. The van der Waals surface area contributed by atoms with Gasteiger partial charge in [0.1, 0.15) is 21.3 Å². The molecular weight excluding hydrogens is 494 g/mol. The maximum absolute atomic E-state index is 12.5. The van der Waals surface area contributed by atoms with Crippen molar-refractivity contribution in [1.29, 1.82) is 0 Å². The van der Waals surface area contributed by atoms with Crippen molar-refractivity contribution in [3.8, 4) is 11.5 Å². The van der Waals surface area contributed by atoms with E-state index in [2.05, 4.69) is 10.3 Å². The molecule has 1 heterocycles. The van der Waals surface area contributed by atoms with Crippen LogP contribution in [0.3, 0.4) is 0 Å². The summed E-state index contributed by atoms with van der Waals surface area (Å²) in [6.07, 6.45) is 2.89. The number of nitrogens with zero attached hydrogens (tertiary/aromatic N) is 1. The van der Waals surface area contributed by atoms with Crippen LogP contribution >= 0.6 is 0 Å². The number of nitrogens with one attached hydrogen (secondary N) is 1. The Morgan fingerprint density at radius 2 is 1.69 bits per heavy atom. The van der Waals surface area contributed by atoms with E-state index >= 15 is 0 Å². The van der Waals surface area contributed by atoms with E-state index in [4.69, 9.17) is 21.3 Å². The molecular formula is C22H29N5O6S2. The summed E-state index contributed by atoms with van der Waals surface area (Å²) in [5.41, 5.74) is 10.7. The molecule has 7 N–H and O–H groups in total. The number of sulfonamides is 1. The summed E-state index contributed by atoms with van der Waals surface area (Å²) >= 11 is 0. The van der Waals surface area contributed by atoms with Crippen molar-refractivity contribution in [3.63, 3.8) is 0 Å². The van der Waals surface area contributed by atoms with Gasteiger partial charge in [-0.15, -0.1) is 0 Å². The van der Waals surface area contributed by atoms with Gasteiger partial charge in [0.25, 0.3) is 5.91 Å². The minimum Gasteiger partial charge on any atom is -0.455 e. The van der Waals surface area contributed by atoms with Gasteiger partial charge in [-0.25, -0.2) is 22.0 Å². The molecule has 3 rings (SSSR count). The second-order valence-electron chi connectivity index (χ2n) is 8.95. The Balaban J connectivity index is 2.09. The van der Waals surface area contributed by atoms with Gasteiger partial charge >= 0.3 is 0 Å². The van der Waals surface area contributed by atoms with E-state index in [1.807, 2.05) is 13.8 Å². The number of amides is 1. The topological polar surface area (TPSA) is 197 Å². The maximum atomic E-state index is 12.5. The van der Waals surface area contributed by atoms with Crippen molar-refractivity contribution in [2.45, 2.75) is 47.9 Å². The number of carbonyl (C=O) groups excluding carboxylic acids is 1. The number of hydrogen-bond acceptors (Lipinski definition) is 7. The van der Waals surface area contributed by atoms with Crippen LogP contribution in [0.15, 0.2) is 51.2 Å². The van der Waals surface area contributed by atoms with Gasteiger partial charge in [-0.1, -0.05) is 19.9 Å². The highest BCUT2D eigenvalue weighted by molar-refractivity contribution is 7.90. The molecule has 0 bridgehead atoms. The highest BCUT2D eigenvalue weighted by Crippen LogP contribution is 2.38. The summed E-state index contributed by atoms with van der Waals surface area (Å²) in [6.45, 7) is 4.90. The van der Waals surface area contributed by atoms with Crippen LogP contribution in [0, 0.1) is 0 Å². The Bertz CT molecular complexity index is 1390. The lowest BCUT2D eigenvalue weighted by Crippen LogP contribution is -2.40. The molecule has 1 aliphatic rings. The van der Waals surface area contributed by atoms with Crippen molar-refractivity contribution in [3.05, 3.63) is 47.5 Å². The van der Waals surface area contributed by atoms with Crippen molar-refractivity contribution in [1.82, 2.24) is 5.32 Å². The molecule has 1 atom stereocenters. The van der Waals surface area contributed by atoms with E-state index in [1.54, 1.807) is 6.07 Å². The van der Waals surface area contributed by atoms with Crippen LogP contribution in [0.25, 0.3) is 0 Å². The zero-order chi connectivity index (χ0) is 26.2. The van der Waals surface area contributed by atoms with Gasteiger partial charge in [-0.05, 0) is 55.3 Å². The monoisotopic (exact) mass is 523 g/mol.